The number of amides is 2. The molecular weight excluding hydrogens is 442 g/mol. The largest absolute Gasteiger partial charge is 0.479 e. The number of anilines is 1. The zero-order valence-electron chi connectivity index (χ0n) is 17.8. The molecular formula is C24H21N3O5S. The van der Waals surface area contributed by atoms with E-state index in [1.54, 1.807) is 0 Å². The minimum absolute atomic E-state index is 0.0593. The molecule has 5 rings (SSSR count). The van der Waals surface area contributed by atoms with Gasteiger partial charge < -0.3 is 14.7 Å². The zero-order chi connectivity index (χ0) is 23.2. The maximum atomic E-state index is 12.6. The summed E-state index contributed by atoms with van der Waals surface area (Å²) in [5.41, 5.74) is 3.45. The molecule has 2 N–H and O–H groups in total. The smallest absolute Gasteiger partial charge is 0.413 e. The zero-order valence-corrected chi connectivity index (χ0v) is 18.6. The lowest BCUT2D eigenvalue weighted by Gasteiger charge is -2.23. The number of carbonyl (C=O) groups excluding carboxylic acids is 2. The lowest BCUT2D eigenvalue weighted by molar-refractivity contribution is -0.143. The van der Waals surface area contributed by atoms with Crippen LogP contribution in [-0.2, 0) is 9.53 Å². The number of nitrogens with zero attached hydrogens (tertiary/aromatic N) is 2. The van der Waals surface area contributed by atoms with E-state index in [2.05, 4.69) is 22.4 Å². The Morgan fingerprint density at radius 2 is 1.73 bits per heavy atom. The molecule has 0 unspecified atom stereocenters. The predicted molar refractivity (Wildman–Crippen MR) is 123 cm³/mol. The molecule has 0 atom stereocenters. The minimum atomic E-state index is -1.15. The molecule has 1 saturated carbocycles. The lowest BCUT2D eigenvalue weighted by Crippen LogP contribution is -2.44. The highest BCUT2D eigenvalue weighted by molar-refractivity contribution is 7.14. The summed E-state index contributed by atoms with van der Waals surface area (Å²) >= 11 is 1.08. The third-order valence-electron chi connectivity index (χ3n) is 6.34. The Labute approximate surface area is 193 Å². The first-order chi connectivity index (χ1) is 15.9. The van der Waals surface area contributed by atoms with Crippen LogP contribution < -0.4 is 5.32 Å². The van der Waals surface area contributed by atoms with Gasteiger partial charge in [-0.25, -0.2) is 14.6 Å². The van der Waals surface area contributed by atoms with Gasteiger partial charge in [0.25, 0.3) is 5.91 Å². The summed E-state index contributed by atoms with van der Waals surface area (Å²) in [6.45, 7) is 0.168. The van der Waals surface area contributed by atoms with Crippen molar-refractivity contribution in [3.63, 3.8) is 0 Å². The first-order valence-corrected chi connectivity index (χ1v) is 11.4. The molecule has 1 aromatic heterocycles. The van der Waals surface area contributed by atoms with Crippen molar-refractivity contribution in [2.24, 2.45) is 0 Å². The first kappa shape index (κ1) is 21.1. The predicted octanol–water partition coefficient (Wildman–Crippen LogP) is 4.19. The van der Waals surface area contributed by atoms with Crippen LogP contribution in [0.5, 0.6) is 0 Å². The average molecular weight is 464 g/mol. The van der Waals surface area contributed by atoms with Gasteiger partial charge in [-0.05, 0) is 35.1 Å². The highest BCUT2D eigenvalue weighted by Gasteiger charge is 2.55. The molecule has 3 aromatic rings. The van der Waals surface area contributed by atoms with E-state index >= 15 is 0 Å². The van der Waals surface area contributed by atoms with Crippen molar-refractivity contribution in [1.29, 1.82) is 0 Å². The van der Waals surface area contributed by atoms with Crippen molar-refractivity contribution in [2.75, 3.05) is 19.0 Å². The number of carboxylic acid groups (broad SMARTS) is 1. The fourth-order valence-corrected chi connectivity index (χ4v) is 5.00. The summed E-state index contributed by atoms with van der Waals surface area (Å²) in [6, 6.07) is 16.1. The number of hydrogen-bond acceptors (Lipinski definition) is 6. The molecule has 2 aromatic carbocycles. The summed E-state index contributed by atoms with van der Waals surface area (Å²) in [5, 5.41) is 13.7. The summed E-state index contributed by atoms with van der Waals surface area (Å²) in [4.78, 5) is 41.9. The van der Waals surface area contributed by atoms with E-state index in [-0.39, 0.29) is 23.4 Å². The molecule has 33 heavy (non-hydrogen) atoms. The highest BCUT2D eigenvalue weighted by Crippen LogP contribution is 2.44. The van der Waals surface area contributed by atoms with E-state index in [9.17, 15) is 19.5 Å². The molecule has 0 spiro atoms. The van der Waals surface area contributed by atoms with E-state index in [4.69, 9.17) is 4.74 Å². The number of carboxylic acids is 1. The van der Waals surface area contributed by atoms with Gasteiger partial charge in [0.05, 0.1) is 0 Å². The van der Waals surface area contributed by atoms with E-state index in [1.165, 1.54) is 17.3 Å². The Balaban J connectivity index is 1.23. The van der Waals surface area contributed by atoms with Gasteiger partial charge in [-0.15, -0.1) is 11.3 Å². The number of benzene rings is 2. The molecule has 9 heteroatoms. The molecule has 2 aliphatic carbocycles. The van der Waals surface area contributed by atoms with Crippen molar-refractivity contribution in [3.8, 4) is 11.1 Å². The Bertz CT molecular complexity index is 1220. The van der Waals surface area contributed by atoms with Gasteiger partial charge in [0.1, 0.15) is 17.8 Å². The molecule has 1 fully saturated rings. The molecule has 8 nitrogen and oxygen atoms in total. The van der Waals surface area contributed by atoms with Gasteiger partial charge in [0.2, 0.25) is 0 Å². The molecule has 2 aliphatic rings. The highest BCUT2D eigenvalue weighted by atomic mass is 32.1. The molecule has 0 bridgehead atoms. The van der Waals surface area contributed by atoms with Crippen LogP contribution in [0.15, 0.2) is 53.9 Å². The number of nitrogens with one attached hydrogen (secondary N) is 1. The maximum absolute atomic E-state index is 12.6. The van der Waals surface area contributed by atoms with Crippen molar-refractivity contribution >= 4 is 34.4 Å². The van der Waals surface area contributed by atoms with Gasteiger partial charge in [-0.1, -0.05) is 48.5 Å². The average Bonchev–Trinajstić information content (AvgIpc) is 3.41. The Kier molecular flexibility index (Phi) is 5.13. The SMILES string of the molecule is CN(C(=O)c1csc(NC(=O)OCC2c3ccccc3-c3ccccc32)n1)C1(C(=O)O)CC1. The second-order valence-electron chi connectivity index (χ2n) is 8.19. The topological polar surface area (TPSA) is 109 Å². The number of aliphatic carboxylic acids is 1. The number of fused-ring (bicyclic) bond motifs is 3. The number of aromatic nitrogens is 1. The summed E-state index contributed by atoms with van der Waals surface area (Å²) in [5.74, 6) is -1.58. The molecule has 0 radical (unpaired) electrons. The summed E-state index contributed by atoms with van der Waals surface area (Å²) < 4.78 is 5.50. The summed E-state index contributed by atoms with van der Waals surface area (Å²) in [6.07, 6.45) is 0.168. The molecule has 1 heterocycles. The van der Waals surface area contributed by atoms with Crippen LogP contribution in [0.2, 0.25) is 0 Å². The number of carbonyl (C=O) groups is 3. The van der Waals surface area contributed by atoms with E-state index in [1.807, 2.05) is 36.4 Å². The number of ether oxygens (including phenoxy) is 1. The van der Waals surface area contributed by atoms with Gasteiger partial charge >= 0.3 is 12.1 Å². The number of thiazole rings is 1. The van der Waals surface area contributed by atoms with Crippen molar-refractivity contribution in [3.05, 3.63) is 70.7 Å². The van der Waals surface area contributed by atoms with Gasteiger partial charge in [0, 0.05) is 18.3 Å². The molecule has 168 valence electrons. The normalized spacial score (nSPS) is 15.3. The number of likely N-dealkylation sites (N-methyl/N-ethyl adjacent to an activating group) is 1. The van der Waals surface area contributed by atoms with Crippen LogP contribution >= 0.6 is 11.3 Å². The van der Waals surface area contributed by atoms with Gasteiger partial charge in [-0.3, -0.25) is 10.1 Å². The summed E-state index contributed by atoms with van der Waals surface area (Å²) in [7, 11) is 1.46. The lowest BCUT2D eigenvalue weighted by atomic mass is 9.98. The third-order valence-corrected chi connectivity index (χ3v) is 7.10. The number of hydrogen-bond donors (Lipinski definition) is 2. The van der Waals surface area contributed by atoms with Crippen LogP contribution in [0.3, 0.4) is 0 Å². The molecule has 0 aliphatic heterocycles. The Morgan fingerprint density at radius 3 is 2.30 bits per heavy atom. The van der Waals surface area contributed by atoms with Crippen LogP contribution in [0.1, 0.15) is 40.4 Å². The van der Waals surface area contributed by atoms with E-state index in [0.29, 0.717) is 12.8 Å². The maximum Gasteiger partial charge on any atom is 0.413 e. The van der Waals surface area contributed by atoms with Crippen LogP contribution in [0, 0.1) is 0 Å². The molecule has 2 amide bonds. The van der Waals surface area contributed by atoms with Crippen molar-refractivity contribution in [1.82, 2.24) is 9.88 Å². The van der Waals surface area contributed by atoms with Gasteiger partial charge in [-0.2, -0.15) is 0 Å². The standard InChI is InChI=1S/C24H21N3O5S/c1-27(24(10-11-24)21(29)30)20(28)19-13-33-22(25-19)26-23(31)32-12-18-16-8-4-2-6-14(16)15-7-3-5-9-17(15)18/h2-9,13,18H,10-12H2,1H3,(H,29,30)(H,25,26,31). The number of rotatable bonds is 6. The quantitative estimate of drug-likeness (QED) is 0.567. The fourth-order valence-electron chi connectivity index (χ4n) is 4.33. The van der Waals surface area contributed by atoms with Gasteiger partial charge in [0.15, 0.2) is 5.13 Å². The molecule has 0 saturated heterocycles. The third kappa shape index (κ3) is 3.64. The first-order valence-electron chi connectivity index (χ1n) is 10.5. The fraction of sp³-hybridized carbons (Fsp3) is 0.250. The van der Waals surface area contributed by atoms with Crippen LogP contribution in [0.4, 0.5) is 9.93 Å². The Morgan fingerprint density at radius 1 is 1.12 bits per heavy atom. The second kappa shape index (κ2) is 8.00. The van der Waals surface area contributed by atoms with Crippen LogP contribution in [-0.4, -0.2) is 52.2 Å². The van der Waals surface area contributed by atoms with E-state index in [0.717, 1.165) is 33.6 Å². The van der Waals surface area contributed by atoms with Crippen molar-refractivity contribution in [2.45, 2.75) is 24.3 Å². The second-order valence-corrected chi connectivity index (χ2v) is 9.05. The monoisotopic (exact) mass is 463 g/mol. The van der Waals surface area contributed by atoms with Crippen molar-refractivity contribution < 1.29 is 24.2 Å². The van der Waals surface area contributed by atoms with E-state index < -0.39 is 23.5 Å². The van der Waals surface area contributed by atoms with Crippen LogP contribution in [0.25, 0.3) is 11.1 Å². The minimum Gasteiger partial charge on any atom is -0.479 e. The Hall–Kier alpha value is -3.72.